The van der Waals surface area contributed by atoms with E-state index in [-0.39, 0.29) is 0 Å². The average molecular weight is 283 g/mol. The van der Waals surface area contributed by atoms with Gasteiger partial charge in [0.2, 0.25) is 0 Å². The molecule has 0 N–H and O–H groups in total. The molecular weight excluding hydrogens is 261 g/mol. The lowest BCUT2D eigenvalue weighted by Gasteiger charge is -2.24. The fourth-order valence-corrected chi connectivity index (χ4v) is 1.67. The standard InChI is InChI=1S/C15H22FNO3/c1-15(2,3)20-14(18)12-7-6-11(16)10-13(12)17(4)8-9-19-5/h6-7,10H,8-9H2,1-5H3. The summed E-state index contributed by atoms with van der Waals surface area (Å²) in [6.45, 7) is 6.42. The Balaban J connectivity index is 3.03. The Morgan fingerprint density at radius 1 is 1.35 bits per heavy atom. The minimum atomic E-state index is -0.589. The molecule has 1 aromatic carbocycles. The Morgan fingerprint density at radius 3 is 2.55 bits per heavy atom. The third-order valence-corrected chi connectivity index (χ3v) is 2.62. The summed E-state index contributed by atoms with van der Waals surface area (Å²) in [5, 5.41) is 0. The molecule has 0 atom stereocenters. The van der Waals surface area contributed by atoms with E-state index in [0.29, 0.717) is 24.4 Å². The molecule has 0 saturated heterocycles. The first-order valence-electron chi connectivity index (χ1n) is 6.47. The molecule has 5 heteroatoms. The molecule has 1 rings (SSSR count). The van der Waals surface area contributed by atoms with Crippen LogP contribution in [-0.2, 0) is 9.47 Å². The number of carbonyl (C=O) groups excluding carboxylic acids is 1. The van der Waals surface area contributed by atoms with Crippen molar-refractivity contribution in [1.29, 1.82) is 0 Å². The van der Waals surface area contributed by atoms with Gasteiger partial charge in [0, 0.05) is 20.7 Å². The number of ether oxygens (including phenoxy) is 2. The maximum Gasteiger partial charge on any atom is 0.340 e. The van der Waals surface area contributed by atoms with Crippen molar-refractivity contribution in [2.24, 2.45) is 0 Å². The fourth-order valence-electron chi connectivity index (χ4n) is 1.67. The predicted molar refractivity (Wildman–Crippen MR) is 76.7 cm³/mol. The van der Waals surface area contributed by atoms with Gasteiger partial charge in [-0.15, -0.1) is 0 Å². The molecule has 20 heavy (non-hydrogen) atoms. The van der Waals surface area contributed by atoms with Crippen molar-refractivity contribution in [1.82, 2.24) is 0 Å². The Bertz CT molecular complexity index is 469. The maximum atomic E-state index is 13.4. The van der Waals surface area contributed by atoms with Crippen molar-refractivity contribution < 1.29 is 18.7 Å². The summed E-state index contributed by atoms with van der Waals surface area (Å²) in [5.41, 5.74) is 0.254. The number of benzene rings is 1. The topological polar surface area (TPSA) is 38.8 Å². The van der Waals surface area contributed by atoms with Crippen LogP contribution in [-0.4, -0.2) is 38.9 Å². The highest BCUT2D eigenvalue weighted by atomic mass is 19.1. The number of halogens is 1. The number of likely N-dealkylation sites (N-methyl/N-ethyl adjacent to an activating group) is 1. The molecule has 0 fully saturated rings. The summed E-state index contributed by atoms with van der Waals surface area (Å²) >= 11 is 0. The van der Waals surface area contributed by atoms with Crippen LogP contribution in [0.5, 0.6) is 0 Å². The zero-order chi connectivity index (χ0) is 15.3. The van der Waals surface area contributed by atoms with Crippen LogP contribution < -0.4 is 4.90 Å². The molecule has 1 aromatic rings. The fraction of sp³-hybridized carbons (Fsp3) is 0.533. The van der Waals surface area contributed by atoms with Crippen molar-refractivity contribution in [3.8, 4) is 0 Å². The second kappa shape index (κ2) is 6.70. The molecule has 0 heterocycles. The molecule has 0 saturated carbocycles. The van der Waals surface area contributed by atoms with E-state index in [4.69, 9.17) is 9.47 Å². The molecule has 0 spiro atoms. The number of methoxy groups -OCH3 is 1. The van der Waals surface area contributed by atoms with Crippen LogP contribution in [0.3, 0.4) is 0 Å². The number of carbonyl (C=O) groups is 1. The molecule has 0 amide bonds. The molecule has 0 radical (unpaired) electrons. The number of rotatable bonds is 5. The molecule has 0 aromatic heterocycles. The summed E-state index contributed by atoms with van der Waals surface area (Å²) in [6, 6.07) is 4.03. The number of esters is 1. The van der Waals surface area contributed by atoms with Gasteiger partial charge in [0.1, 0.15) is 11.4 Å². The first-order valence-corrected chi connectivity index (χ1v) is 6.47. The van der Waals surface area contributed by atoms with E-state index in [1.165, 1.54) is 18.2 Å². The predicted octanol–water partition coefficient (Wildman–Crippen LogP) is 2.86. The highest BCUT2D eigenvalue weighted by Gasteiger charge is 2.22. The Hall–Kier alpha value is -1.62. The summed E-state index contributed by atoms with van der Waals surface area (Å²) in [7, 11) is 3.37. The summed E-state index contributed by atoms with van der Waals surface area (Å²) < 4.78 is 23.8. The van der Waals surface area contributed by atoms with Crippen LogP contribution in [0.2, 0.25) is 0 Å². The van der Waals surface area contributed by atoms with Crippen LogP contribution in [0.15, 0.2) is 18.2 Å². The Labute approximate surface area is 119 Å². The minimum Gasteiger partial charge on any atom is -0.456 e. The third-order valence-electron chi connectivity index (χ3n) is 2.62. The van der Waals surface area contributed by atoms with Gasteiger partial charge >= 0.3 is 5.97 Å². The van der Waals surface area contributed by atoms with E-state index in [9.17, 15) is 9.18 Å². The van der Waals surface area contributed by atoms with Crippen molar-refractivity contribution in [3.63, 3.8) is 0 Å². The summed E-state index contributed by atoms with van der Waals surface area (Å²) in [4.78, 5) is 13.9. The lowest BCUT2D eigenvalue weighted by atomic mass is 10.1. The van der Waals surface area contributed by atoms with E-state index in [2.05, 4.69) is 0 Å². The lowest BCUT2D eigenvalue weighted by Crippen LogP contribution is -2.28. The highest BCUT2D eigenvalue weighted by molar-refractivity contribution is 5.96. The number of hydrogen-bond donors (Lipinski definition) is 0. The molecular formula is C15H22FNO3. The average Bonchev–Trinajstić information content (AvgIpc) is 2.33. The zero-order valence-electron chi connectivity index (χ0n) is 12.7. The third kappa shape index (κ3) is 4.81. The number of nitrogens with zero attached hydrogens (tertiary/aromatic N) is 1. The van der Waals surface area contributed by atoms with Crippen LogP contribution in [0, 0.1) is 5.82 Å². The zero-order valence-corrected chi connectivity index (χ0v) is 12.7. The van der Waals surface area contributed by atoms with E-state index < -0.39 is 17.4 Å². The van der Waals surface area contributed by atoms with Crippen LogP contribution in [0.4, 0.5) is 10.1 Å². The molecule has 112 valence electrons. The quantitative estimate of drug-likeness (QED) is 0.779. The summed E-state index contributed by atoms with van der Waals surface area (Å²) in [5.74, 6) is -0.853. The van der Waals surface area contributed by atoms with Gasteiger partial charge in [-0.2, -0.15) is 0 Å². The van der Waals surface area contributed by atoms with Gasteiger partial charge in [0.05, 0.1) is 17.9 Å². The van der Waals surface area contributed by atoms with Crippen LogP contribution >= 0.6 is 0 Å². The van der Waals surface area contributed by atoms with E-state index in [0.717, 1.165) is 0 Å². The summed E-state index contributed by atoms with van der Waals surface area (Å²) in [6.07, 6.45) is 0. The van der Waals surface area contributed by atoms with Crippen molar-refractivity contribution in [2.45, 2.75) is 26.4 Å². The smallest absolute Gasteiger partial charge is 0.340 e. The molecule has 0 aliphatic carbocycles. The van der Waals surface area contributed by atoms with Gasteiger partial charge in [0.15, 0.2) is 0 Å². The Kier molecular flexibility index (Phi) is 5.51. The van der Waals surface area contributed by atoms with Gasteiger partial charge in [-0.25, -0.2) is 9.18 Å². The number of hydrogen-bond acceptors (Lipinski definition) is 4. The highest BCUT2D eigenvalue weighted by Crippen LogP contribution is 2.23. The van der Waals surface area contributed by atoms with Crippen molar-refractivity contribution >= 4 is 11.7 Å². The molecule has 0 unspecified atom stereocenters. The van der Waals surface area contributed by atoms with Crippen LogP contribution in [0.25, 0.3) is 0 Å². The molecule has 4 nitrogen and oxygen atoms in total. The second-order valence-corrected chi connectivity index (χ2v) is 5.58. The second-order valence-electron chi connectivity index (χ2n) is 5.58. The Morgan fingerprint density at radius 2 is 2.00 bits per heavy atom. The largest absolute Gasteiger partial charge is 0.456 e. The number of anilines is 1. The first kappa shape index (κ1) is 16.4. The minimum absolute atomic E-state index is 0.347. The maximum absolute atomic E-state index is 13.4. The molecule has 0 aliphatic rings. The lowest BCUT2D eigenvalue weighted by molar-refractivity contribution is 0.00702. The van der Waals surface area contributed by atoms with Gasteiger partial charge < -0.3 is 14.4 Å². The van der Waals surface area contributed by atoms with Crippen molar-refractivity contribution in [2.75, 3.05) is 32.2 Å². The van der Waals surface area contributed by atoms with E-state index in [1.54, 1.807) is 39.8 Å². The monoisotopic (exact) mass is 283 g/mol. The first-order chi connectivity index (χ1) is 9.24. The van der Waals surface area contributed by atoms with Gasteiger partial charge in [-0.1, -0.05) is 0 Å². The van der Waals surface area contributed by atoms with Gasteiger partial charge in [-0.05, 0) is 39.0 Å². The molecule has 0 aliphatic heterocycles. The normalized spacial score (nSPS) is 11.3. The van der Waals surface area contributed by atoms with Crippen molar-refractivity contribution in [3.05, 3.63) is 29.6 Å². The molecule has 0 bridgehead atoms. The SMILES string of the molecule is COCCN(C)c1cc(F)ccc1C(=O)OC(C)(C)C. The van der Waals surface area contributed by atoms with Gasteiger partial charge in [-0.3, -0.25) is 0 Å². The van der Waals surface area contributed by atoms with E-state index >= 15 is 0 Å². The van der Waals surface area contributed by atoms with E-state index in [1.807, 2.05) is 0 Å². The van der Waals surface area contributed by atoms with Crippen LogP contribution in [0.1, 0.15) is 31.1 Å². The van der Waals surface area contributed by atoms with Gasteiger partial charge in [0.25, 0.3) is 0 Å².